The highest BCUT2D eigenvalue weighted by Crippen LogP contribution is 2.30. The van der Waals surface area contributed by atoms with E-state index in [4.69, 9.17) is 0 Å². The number of carbonyl (C=O) groups excluding carboxylic acids is 2. The van der Waals surface area contributed by atoms with E-state index >= 15 is 0 Å². The van der Waals surface area contributed by atoms with E-state index in [1.54, 1.807) is 55.6 Å². The Morgan fingerprint density at radius 2 is 1.59 bits per heavy atom. The molecule has 5 rings (SSSR count). The lowest BCUT2D eigenvalue weighted by Gasteiger charge is -2.13. The fraction of sp³-hybridized carbons (Fsp3) is 0.103. The van der Waals surface area contributed by atoms with Gasteiger partial charge in [0.25, 0.3) is 11.8 Å². The van der Waals surface area contributed by atoms with Gasteiger partial charge in [0.2, 0.25) is 15.8 Å². The first-order valence-electron chi connectivity index (χ1n) is 12.9. The van der Waals surface area contributed by atoms with Gasteiger partial charge in [-0.1, -0.05) is 18.2 Å². The molecule has 2 heterocycles. The van der Waals surface area contributed by atoms with E-state index in [1.807, 2.05) is 0 Å². The van der Waals surface area contributed by atoms with Gasteiger partial charge in [0.05, 0.1) is 22.9 Å². The third-order valence-electron chi connectivity index (χ3n) is 6.24. The number of nitrogens with one attached hydrogen (secondary N) is 5. The minimum Gasteiger partial charge on any atom is -0.346 e. The van der Waals surface area contributed by atoms with Crippen LogP contribution in [-0.4, -0.2) is 41.4 Å². The second-order valence-corrected chi connectivity index (χ2v) is 11.5. The van der Waals surface area contributed by atoms with Gasteiger partial charge in [-0.2, -0.15) is 13.2 Å². The summed E-state index contributed by atoms with van der Waals surface area (Å²) in [5.74, 6) is -1.37. The zero-order chi connectivity index (χ0) is 31.6. The summed E-state index contributed by atoms with van der Waals surface area (Å²) in [6, 6.07) is 16.8. The van der Waals surface area contributed by atoms with Crippen molar-refractivity contribution in [3.05, 3.63) is 102 Å². The summed E-state index contributed by atoms with van der Waals surface area (Å²) in [4.78, 5) is 37.6. The molecule has 0 radical (unpaired) electrons. The maximum Gasteiger partial charge on any atom is 0.416 e. The fourth-order valence-corrected chi connectivity index (χ4v) is 4.76. The summed E-state index contributed by atoms with van der Waals surface area (Å²) >= 11 is 0. The molecule has 5 N–H and O–H groups in total. The molecular weight excluding hydrogens is 599 g/mol. The number of rotatable bonds is 8. The maximum absolute atomic E-state index is 13.3. The number of nitrogens with zero attached hydrogens (tertiary/aromatic N) is 2. The van der Waals surface area contributed by atoms with Crippen LogP contribution < -0.4 is 20.7 Å². The number of H-pyrrole nitrogens is 1. The fourth-order valence-electron chi connectivity index (χ4n) is 4.20. The Bertz CT molecular complexity index is 2010. The maximum atomic E-state index is 13.3. The number of sulfonamides is 1. The summed E-state index contributed by atoms with van der Waals surface area (Å²) in [5.41, 5.74) is 1.21. The van der Waals surface area contributed by atoms with Crippen LogP contribution in [0.15, 0.2) is 79.0 Å². The standard InChI is InChI=1S/C29H24F3N7O4S/c1-16-9-10-20(35-27(40)17-5-3-6-18(13-17)29(30,31)32)15-23(16)36-28(41)26-37-24-22(11-12-33-24)25(38-26)34-19-7-4-8-21(14-19)39-44(2,42)43/h3-15,39H,1-2H3,(H,35,40)(H,36,41)(H2,33,34,37,38). The van der Waals surface area contributed by atoms with Crippen molar-refractivity contribution in [2.24, 2.45) is 0 Å². The van der Waals surface area contributed by atoms with Gasteiger partial charge in [-0.25, -0.2) is 18.4 Å². The summed E-state index contributed by atoms with van der Waals surface area (Å²) in [6.07, 6.45) is -1.94. The molecule has 2 aromatic heterocycles. The summed E-state index contributed by atoms with van der Waals surface area (Å²) in [5, 5.41) is 8.91. The molecule has 44 heavy (non-hydrogen) atoms. The van der Waals surface area contributed by atoms with E-state index < -0.39 is 33.6 Å². The molecule has 0 aliphatic rings. The smallest absolute Gasteiger partial charge is 0.346 e. The van der Waals surface area contributed by atoms with E-state index in [2.05, 4.69) is 35.6 Å². The molecule has 2 amide bonds. The third kappa shape index (κ3) is 7.12. The Balaban J connectivity index is 1.37. The van der Waals surface area contributed by atoms with Crippen LogP contribution in [0.1, 0.15) is 32.1 Å². The van der Waals surface area contributed by atoms with Gasteiger partial charge in [0.1, 0.15) is 11.5 Å². The van der Waals surface area contributed by atoms with E-state index in [9.17, 15) is 31.2 Å². The van der Waals surface area contributed by atoms with E-state index in [0.717, 1.165) is 24.5 Å². The molecule has 11 nitrogen and oxygen atoms in total. The van der Waals surface area contributed by atoms with Crippen molar-refractivity contribution in [3.8, 4) is 0 Å². The Labute approximate surface area is 249 Å². The molecule has 0 atom stereocenters. The van der Waals surface area contributed by atoms with Crippen molar-refractivity contribution in [2.45, 2.75) is 13.1 Å². The zero-order valence-electron chi connectivity index (χ0n) is 23.1. The van der Waals surface area contributed by atoms with Crippen LogP contribution in [-0.2, 0) is 16.2 Å². The van der Waals surface area contributed by atoms with Crippen LogP contribution in [0.4, 0.5) is 41.7 Å². The number of hydrogen-bond acceptors (Lipinski definition) is 7. The predicted octanol–water partition coefficient (Wildman–Crippen LogP) is 5.90. The molecule has 0 bridgehead atoms. The minimum atomic E-state index is -4.60. The molecule has 15 heteroatoms. The number of amides is 2. The normalized spacial score (nSPS) is 11.7. The quantitative estimate of drug-likeness (QED) is 0.144. The average molecular weight is 624 g/mol. The molecule has 0 unspecified atom stereocenters. The molecule has 0 saturated heterocycles. The Morgan fingerprint density at radius 1 is 0.841 bits per heavy atom. The van der Waals surface area contributed by atoms with E-state index in [-0.39, 0.29) is 22.9 Å². The van der Waals surface area contributed by atoms with Crippen LogP contribution in [0.5, 0.6) is 0 Å². The van der Waals surface area contributed by atoms with E-state index in [0.29, 0.717) is 33.7 Å². The van der Waals surface area contributed by atoms with Crippen LogP contribution >= 0.6 is 0 Å². The summed E-state index contributed by atoms with van der Waals surface area (Å²) in [7, 11) is -3.50. The molecule has 0 fully saturated rings. The van der Waals surface area contributed by atoms with Gasteiger partial charge in [-0.3, -0.25) is 14.3 Å². The van der Waals surface area contributed by atoms with Crippen LogP contribution in [0, 0.1) is 6.92 Å². The number of aromatic amines is 1. The second-order valence-electron chi connectivity index (χ2n) is 9.73. The third-order valence-corrected chi connectivity index (χ3v) is 6.85. The average Bonchev–Trinajstić information content (AvgIpc) is 3.43. The molecule has 3 aromatic carbocycles. The number of fused-ring (bicyclic) bond motifs is 1. The zero-order valence-corrected chi connectivity index (χ0v) is 23.9. The Kier molecular flexibility index (Phi) is 7.97. The molecule has 5 aromatic rings. The van der Waals surface area contributed by atoms with Gasteiger partial charge in [-0.15, -0.1) is 0 Å². The van der Waals surface area contributed by atoms with Crippen LogP contribution in [0.25, 0.3) is 11.0 Å². The first kappa shape index (κ1) is 30.0. The lowest BCUT2D eigenvalue weighted by atomic mass is 10.1. The topological polar surface area (TPSA) is 158 Å². The van der Waals surface area contributed by atoms with Crippen molar-refractivity contribution in [2.75, 3.05) is 26.9 Å². The minimum absolute atomic E-state index is 0.184. The largest absolute Gasteiger partial charge is 0.416 e. The van der Waals surface area contributed by atoms with Crippen LogP contribution in [0.2, 0.25) is 0 Å². The summed E-state index contributed by atoms with van der Waals surface area (Å²) < 4.78 is 64.9. The van der Waals surface area contributed by atoms with Crippen LogP contribution in [0.3, 0.4) is 0 Å². The number of hydrogen-bond donors (Lipinski definition) is 5. The first-order chi connectivity index (χ1) is 20.7. The van der Waals surface area contributed by atoms with Gasteiger partial charge in [0.15, 0.2) is 0 Å². The Morgan fingerprint density at radius 3 is 2.34 bits per heavy atom. The van der Waals surface area contributed by atoms with Crippen molar-refractivity contribution in [1.29, 1.82) is 0 Å². The number of benzene rings is 3. The van der Waals surface area contributed by atoms with Gasteiger partial charge >= 0.3 is 6.18 Å². The highest BCUT2D eigenvalue weighted by Gasteiger charge is 2.31. The molecular formula is C29H24F3N7O4S. The van der Waals surface area contributed by atoms with Crippen molar-refractivity contribution in [3.63, 3.8) is 0 Å². The predicted molar refractivity (Wildman–Crippen MR) is 161 cm³/mol. The molecule has 0 saturated carbocycles. The van der Waals surface area contributed by atoms with Crippen molar-refractivity contribution in [1.82, 2.24) is 15.0 Å². The first-order valence-corrected chi connectivity index (χ1v) is 14.7. The van der Waals surface area contributed by atoms with E-state index in [1.165, 1.54) is 12.1 Å². The molecule has 226 valence electrons. The highest BCUT2D eigenvalue weighted by atomic mass is 32.2. The monoisotopic (exact) mass is 623 g/mol. The molecule has 0 aliphatic carbocycles. The summed E-state index contributed by atoms with van der Waals surface area (Å²) in [6.45, 7) is 1.72. The lowest BCUT2D eigenvalue weighted by Crippen LogP contribution is -2.18. The highest BCUT2D eigenvalue weighted by molar-refractivity contribution is 7.92. The van der Waals surface area contributed by atoms with Gasteiger partial charge in [0, 0.05) is 28.8 Å². The van der Waals surface area contributed by atoms with Gasteiger partial charge < -0.3 is 20.9 Å². The number of carbonyl (C=O) groups is 2. The lowest BCUT2D eigenvalue weighted by molar-refractivity contribution is -0.137. The molecule has 0 spiro atoms. The SMILES string of the molecule is Cc1ccc(NC(=O)c2cccc(C(F)(F)F)c2)cc1NC(=O)c1nc(Nc2cccc(NS(C)(=O)=O)c2)c2cc[nH]c2n1. The number of anilines is 5. The number of halogens is 3. The number of aromatic nitrogens is 3. The second kappa shape index (κ2) is 11.7. The number of aryl methyl sites for hydroxylation is 1. The Hall–Kier alpha value is -5.44. The van der Waals surface area contributed by atoms with Crippen molar-refractivity contribution >= 4 is 61.4 Å². The van der Waals surface area contributed by atoms with Crippen molar-refractivity contribution < 1.29 is 31.2 Å². The molecule has 0 aliphatic heterocycles. The number of alkyl halides is 3. The van der Waals surface area contributed by atoms with Gasteiger partial charge in [-0.05, 0) is 67.1 Å².